The summed E-state index contributed by atoms with van der Waals surface area (Å²) in [5, 5.41) is 10.9. The van der Waals surface area contributed by atoms with Gasteiger partial charge in [0.25, 0.3) is 5.91 Å². The van der Waals surface area contributed by atoms with Crippen molar-refractivity contribution in [2.75, 3.05) is 23.4 Å². The van der Waals surface area contributed by atoms with Crippen LogP contribution in [-0.4, -0.2) is 34.7 Å². The van der Waals surface area contributed by atoms with Gasteiger partial charge < -0.3 is 16.4 Å². The van der Waals surface area contributed by atoms with E-state index in [1.54, 1.807) is 18.2 Å². The average Bonchev–Trinajstić information content (AvgIpc) is 3.53. The number of nitrogen functional groups attached to an aromatic ring is 1. The molecule has 4 aromatic rings. The molecule has 3 amide bonds. The molecule has 4 rings (SSSR count). The molecule has 33 heavy (non-hydrogen) atoms. The van der Waals surface area contributed by atoms with E-state index >= 15 is 0 Å². The summed E-state index contributed by atoms with van der Waals surface area (Å²) >= 11 is 3.80. The predicted molar refractivity (Wildman–Crippen MR) is 133 cm³/mol. The molecule has 0 saturated carbocycles. The molecule has 0 radical (unpaired) electrons. The predicted octanol–water partition coefficient (Wildman–Crippen LogP) is 4.78. The molecular formula is C21H18N6O3S3. The number of nitrogens with one attached hydrogen (secondary N) is 3. The minimum atomic E-state index is -0.381. The normalized spacial score (nSPS) is 10.6. The van der Waals surface area contributed by atoms with E-state index in [0.717, 1.165) is 22.6 Å². The van der Waals surface area contributed by atoms with Crippen LogP contribution in [0.2, 0.25) is 0 Å². The zero-order chi connectivity index (χ0) is 23.5. The van der Waals surface area contributed by atoms with Crippen LogP contribution in [0.5, 0.6) is 0 Å². The molecule has 0 spiro atoms. The van der Waals surface area contributed by atoms with Gasteiger partial charge in [-0.3, -0.25) is 14.9 Å². The van der Waals surface area contributed by atoms with Gasteiger partial charge in [-0.1, -0.05) is 23.5 Å². The van der Waals surface area contributed by atoms with Crippen molar-refractivity contribution in [1.29, 1.82) is 0 Å². The summed E-state index contributed by atoms with van der Waals surface area (Å²) in [5.74, 6) is -0.0649. The van der Waals surface area contributed by atoms with Crippen molar-refractivity contribution in [2.45, 2.75) is 6.92 Å². The highest BCUT2D eigenvalue weighted by atomic mass is 32.1. The number of hydrogen-bond donors (Lipinski definition) is 4. The summed E-state index contributed by atoms with van der Waals surface area (Å²) in [5.41, 5.74) is 8.16. The molecule has 0 aliphatic heterocycles. The van der Waals surface area contributed by atoms with E-state index in [-0.39, 0.29) is 23.5 Å². The van der Waals surface area contributed by atoms with E-state index in [4.69, 9.17) is 5.73 Å². The number of anilines is 3. The Hall–Kier alpha value is -3.61. The van der Waals surface area contributed by atoms with Crippen molar-refractivity contribution < 1.29 is 14.4 Å². The molecule has 0 saturated heterocycles. The molecule has 168 valence electrons. The van der Waals surface area contributed by atoms with Crippen LogP contribution in [0, 0.1) is 0 Å². The largest absolute Gasteiger partial charge is 0.382 e. The van der Waals surface area contributed by atoms with Crippen LogP contribution in [0.15, 0.2) is 41.8 Å². The van der Waals surface area contributed by atoms with Crippen LogP contribution < -0.4 is 21.7 Å². The van der Waals surface area contributed by atoms with E-state index in [2.05, 4.69) is 25.9 Å². The number of nitrogens with zero attached hydrogens (tertiary/aromatic N) is 2. The number of Topliss-reactive ketones (excluding diaryl/α,β-unsaturated/α-hetero) is 1. The van der Waals surface area contributed by atoms with E-state index in [0.29, 0.717) is 30.5 Å². The first-order valence-electron chi connectivity index (χ1n) is 9.57. The number of rotatable bonds is 6. The van der Waals surface area contributed by atoms with Crippen molar-refractivity contribution in [3.63, 3.8) is 0 Å². The number of carbonyl (C=O) groups is 3. The Bertz CT molecular complexity index is 1360. The van der Waals surface area contributed by atoms with E-state index in [1.165, 1.54) is 36.6 Å². The Labute approximate surface area is 200 Å². The van der Waals surface area contributed by atoms with Gasteiger partial charge in [-0.2, -0.15) is 0 Å². The Balaban J connectivity index is 1.52. The van der Waals surface area contributed by atoms with Gasteiger partial charge in [0.2, 0.25) is 0 Å². The van der Waals surface area contributed by atoms with Gasteiger partial charge in [0.1, 0.15) is 15.7 Å². The van der Waals surface area contributed by atoms with Crippen molar-refractivity contribution in [3.05, 3.63) is 51.5 Å². The Morgan fingerprint density at radius 3 is 2.52 bits per heavy atom. The zero-order valence-corrected chi connectivity index (χ0v) is 19.9. The van der Waals surface area contributed by atoms with Gasteiger partial charge in [-0.15, -0.1) is 22.7 Å². The van der Waals surface area contributed by atoms with Gasteiger partial charge in [0.15, 0.2) is 10.9 Å². The molecule has 0 unspecified atom stereocenters. The minimum Gasteiger partial charge on any atom is -0.382 e. The SMILES string of the molecule is CNC(=O)Nc1nc(N)c(-c2nc(-c3cccc(NC(=O)c4ccc(C(C)=O)s4)c3)cs2)s1. The standard InChI is InChI=1S/C21H18N6O3S3/c1-10(28)14-6-7-15(32-14)18(29)24-12-5-3-4-11(8-12)13-9-31-19(25-13)16-17(22)26-21(33-16)27-20(30)23-2/h3-9H,22H2,1-2H3,(H,24,29)(H2,23,26,27,30). The molecule has 12 heteroatoms. The fraction of sp³-hybridized carbons (Fsp3) is 0.0952. The number of benzene rings is 1. The van der Waals surface area contributed by atoms with Gasteiger partial charge in [0, 0.05) is 23.7 Å². The molecule has 3 aromatic heterocycles. The van der Waals surface area contributed by atoms with Crippen LogP contribution >= 0.6 is 34.0 Å². The lowest BCUT2D eigenvalue weighted by molar-refractivity contribution is 0.101. The summed E-state index contributed by atoms with van der Waals surface area (Å²) in [6.45, 7) is 1.47. The zero-order valence-electron chi connectivity index (χ0n) is 17.5. The van der Waals surface area contributed by atoms with Gasteiger partial charge in [-0.25, -0.2) is 14.8 Å². The molecule has 0 aliphatic carbocycles. The van der Waals surface area contributed by atoms with Crippen LogP contribution in [0.1, 0.15) is 26.3 Å². The number of hydrogen-bond acceptors (Lipinski definition) is 9. The topological polar surface area (TPSA) is 139 Å². The quantitative estimate of drug-likeness (QED) is 0.282. The summed E-state index contributed by atoms with van der Waals surface area (Å²) in [7, 11) is 1.51. The van der Waals surface area contributed by atoms with Crippen LogP contribution in [0.25, 0.3) is 21.1 Å². The first-order chi connectivity index (χ1) is 15.8. The molecule has 0 aliphatic rings. The number of amides is 3. The lowest BCUT2D eigenvalue weighted by Crippen LogP contribution is -2.24. The number of urea groups is 1. The second kappa shape index (κ2) is 9.48. The maximum Gasteiger partial charge on any atom is 0.320 e. The summed E-state index contributed by atoms with van der Waals surface area (Å²) in [4.78, 5) is 46.0. The number of aromatic nitrogens is 2. The molecule has 1 aromatic carbocycles. The highest BCUT2D eigenvalue weighted by Gasteiger charge is 2.17. The minimum absolute atomic E-state index is 0.0708. The van der Waals surface area contributed by atoms with Gasteiger partial charge in [-0.05, 0) is 31.2 Å². The summed E-state index contributed by atoms with van der Waals surface area (Å²) in [6.07, 6.45) is 0. The number of carbonyl (C=O) groups excluding carboxylic acids is 3. The first kappa shape index (κ1) is 22.6. The van der Waals surface area contributed by atoms with E-state index < -0.39 is 0 Å². The molecular weight excluding hydrogens is 480 g/mol. The molecule has 0 fully saturated rings. The highest BCUT2D eigenvalue weighted by Crippen LogP contribution is 2.38. The van der Waals surface area contributed by atoms with E-state index in [9.17, 15) is 14.4 Å². The lowest BCUT2D eigenvalue weighted by atomic mass is 10.1. The van der Waals surface area contributed by atoms with E-state index in [1.807, 2.05) is 23.6 Å². The second-order valence-corrected chi connectivity index (χ2v) is 9.67. The molecule has 9 nitrogen and oxygen atoms in total. The monoisotopic (exact) mass is 498 g/mol. The molecule has 0 bridgehead atoms. The summed E-state index contributed by atoms with van der Waals surface area (Å²) in [6, 6.07) is 10.2. The first-order valence-corrected chi connectivity index (χ1v) is 12.1. The third kappa shape index (κ3) is 5.08. The molecule has 5 N–H and O–H groups in total. The van der Waals surface area contributed by atoms with Gasteiger partial charge >= 0.3 is 6.03 Å². The Kier molecular flexibility index (Phi) is 6.49. The summed E-state index contributed by atoms with van der Waals surface area (Å²) < 4.78 is 0. The maximum atomic E-state index is 12.5. The van der Waals surface area contributed by atoms with Crippen molar-refractivity contribution in [3.8, 4) is 21.1 Å². The fourth-order valence-electron chi connectivity index (χ4n) is 2.81. The average molecular weight is 499 g/mol. The van der Waals surface area contributed by atoms with Crippen molar-refractivity contribution in [1.82, 2.24) is 15.3 Å². The molecule has 0 atom stereocenters. The second-order valence-electron chi connectivity index (χ2n) is 6.73. The number of nitrogens with two attached hydrogens (primary N) is 1. The highest BCUT2D eigenvalue weighted by molar-refractivity contribution is 7.23. The van der Waals surface area contributed by atoms with Gasteiger partial charge in [0.05, 0.1) is 15.4 Å². The third-order valence-electron chi connectivity index (χ3n) is 4.39. The number of ketones is 1. The Morgan fingerprint density at radius 2 is 1.79 bits per heavy atom. The molecule has 3 heterocycles. The van der Waals surface area contributed by atoms with Crippen molar-refractivity contribution in [2.24, 2.45) is 0 Å². The van der Waals surface area contributed by atoms with Crippen LogP contribution in [0.3, 0.4) is 0 Å². The fourth-order valence-corrected chi connectivity index (χ4v) is 5.41. The van der Waals surface area contributed by atoms with Crippen LogP contribution in [-0.2, 0) is 0 Å². The lowest BCUT2D eigenvalue weighted by Gasteiger charge is -2.05. The van der Waals surface area contributed by atoms with Crippen LogP contribution in [0.4, 0.5) is 21.4 Å². The number of thiophene rings is 1. The Morgan fingerprint density at radius 1 is 1.00 bits per heavy atom. The smallest absolute Gasteiger partial charge is 0.320 e. The maximum absolute atomic E-state index is 12.5. The van der Waals surface area contributed by atoms with Crippen molar-refractivity contribution >= 4 is 68.4 Å². The number of thiazole rings is 2. The third-order valence-corrected chi connectivity index (χ3v) is 7.56.